The number of allylic oxidation sites excluding steroid dienone is 1. The van der Waals surface area contributed by atoms with Crippen molar-refractivity contribution < 1.29 is 13.5 Å². The van der Waals surface area contributed by atoms with E-state index in [-0.39, 0.29) is 5.88 Å². The molecule has 0 aliphatic carbocycles. The van der Waals surface area contributed by atoms with Gasteiger partial charge in [0.2, 0.25) is 5.88 Å². The number of nitrogens with one attached hydrogen (secondary N) is 2. The number of ether oxygens (including phenoxy) is 1. The van der Waals surface area contributed by atoms with Crippen LogP contribution in [-0.2, 0) is 6.42 Å². The normalized spacial score (nSPS) is 10.5. The van der Waals surface area contributed by atoms with Gasteiger partial charge in [0, 0.05) is 6.07 Å². The van der Waals surface area contributed by atoms with E-state index in [9.17, 15) is 8.78 Å². The van der Waals surface area contributed by atoms with Crippen molar-refractivity contribution in [3.63, 3.8) is 0 Å². The van der Waals surface area contributed by atoms with Crippen LogP contribution in [0.4, 0.5) is 20.4 Å². The van der Waals surface area contributed by atoms with Gasteiger partial charge in [-0.15, -0.1) is 5.10 Å². The first-order valence-corrected chi connectivity index (χ1v) is 12.2. The van der Waals surface area contributed by atoms with E-state index in [2.05, 4.69) is 64.8 Å². The zero-order valence-electron chi connectivity index (χ0n) is 21.3. The Morgan fingerprint density at radius 3 is 2.18 bits per heavy atom. The Hall–Kier alpha value is -2.51. The molecule has 33 heavy (non-hydrogen) atoms. The zero-order valence-corrected chi connectivity index (χ0v) is 21.3. The van der Waals surface area contributed by atoms with Gasteiger partial charge in [0.15, 0.2) is 0 Å². The van der Waals surface area contributed by atoms with Crippen LogP contribution in [0.3, 0.4) is 0 Å². The summed E-state index contributed by atoms with van der Waals surface area (Å²) in [6.07, 6.45) is 16.8. The summed E-state index contributed by atoms with van der Waals surface area (Å²) in [5, 5.41) is 9.08. The van der Waals surface area contributed by atoms with Crippen LogP contribution in [0.25, 0.3) is 6.08 Å². The maximum absolute atomic E-state index is 12.1. The van der Waals surface area contributed by atoms with E-state index in [0.29, 0.717) is 11.6 Å². The maximum Gasteiger partial charge on any atom is 0.388 e. The molecule has 0 fully saturated rings. The summed E-state index contributed by atoms with van der Waals surface area (Å²) >= 11 is 0. The highest BCUT2D eigenvalue weighted by Gasteiger charge is 2.10. The highest BCUT2D eigenvalue weighted by molar-refractivity contribution is 5.55. The third-order valence-corrected chi connectivity index (χ3v) is 4.42. The lowest BCUT2D eigenvalue weighted by Gasteiger charge is -2.07. The summed E-state index contributed by atoms with van der Waals surface area (Å²) in [5.41, 5.74) is 1.69. The van der Waals surface area contributed by atoms with Crippen molar-refractivity contribution in [2.45, 2.75) is 106 Å². The molecule has 0 aromatic carbocycles. The summed E-state index contributed by atoms with van der Waals surface area (Å²) in [6.45, 7) is 9.92. The summed E-state index contributed by atoms with van der Waals surface area (Å²) in [6, 6.07) is 1.33. The van der Waals surface area contributed by atoms with Gasteiger partial charge in [0.25, 0.3) is 0 Å². The molecule has 2 rings (SSSR count). The van der Waals surface area contributed by atoms with Crippen molar-refractivity contribution in [3.05, 3.63) is 29.7 Å². The van der Waals surface area contributed by atoms with Gasteiger partial charge in [-0.3, -0.25) is 10.1 Å². The Morgan fingerprint density at radius 1 is 1.00 bits per heavy atom. The molecular formula is C25H43F2N5O. The number of rotatable bonds is 12. The SMILES string of the molecule is C/C=C\c1ncc(Nc2cc(OC(F)F)n[nH]2)nc1CCC.CCCC.CCCCCCC. The van der Waals surface area contributed by atoms with Crippen LogP contribution in [0.5, 0.6) is 5.88 Å². The maximum atomic E-state index is 12.1. The van der Waals surface area contributed by atoms with Gasteiger partial charge in [-0.05, 0) is 19.4 Å². The van der Waals surface area contributed by atoms with Crippen molar-refractivity contribution in [2.24, 2.45) is 0 Å². The van der Waals surface area contributed by atoms with E-state index in [0.717, 1.165) is 24.2 Å². The van der Waals surface area contributed by atoms with Crippen LogP contribution in [0.2, 0.25) is 0 Å². The van der Waals surface area contributed by atoms with Gasteiger partial charge in [0.1, 0.15) is 11.6 Å². The molecule has 0 unspecified atom stereocenters. The van der Waals surface area contributed by atoms with Crippen LogP contribution < -0.4 is 10.1 Å². The van der Waals surface area contributed by atoms with Crippen LogP contribution in [0.1, 0.15) is 104 Å². The first-order valence-electron chi connectivity index (χ1n) is 12.2. The fraction of sp³-hybridized carbons (Fsp3) is 0.640. The molecule has 6 nitrogen and oxygen atoms in total. The van der Waals surface area contributed by atoms with Crippen molar-refractivity contribution in [1.82, 2.24) is 20.2 Å². The molecule has 0 spiro atoms. The monoisotopic (exact) mass is 467 g/mol. The Bertz CT molecular complexity index is 744. The molecule has 8 heteroatoms. The fourth-order valence-corrected chi connectivity index (χ4v) is 2.55. The van der Waals surface area contributed by atoms with Gasteiger partial charge >= 0.3 is 6.61 Å². The number of unbranched alkanes of at least 4 members (excludes halogenated alkanes) is 5. The molecule has 0 bridgehead atoms. The summed E-state index contributed by atoms with van der Waals surface area (Å²) in [4.78, 5) is 8.83. The molecule has 2 N–H and O–H groups in total. The number of H-pyrrole nitrogens is 1. The Kier molecular flexibility index (Phi) is 18.6. The van der Waals surface area contributed by atoms with Gasteiger partial charge in [-0.1, -0.05) is 92.1 Å². The van der Waals surface area contributed by atoms with Crippen molar-refractivity contribution in [3.8, 4) is 5.88 Å². The second-order valence-corrected chi connectivity index (χ2v) is 7.52. The number of anilines is 2. The van der Waals surface area contributed by atoms with E-state index in [4.69, 9.17) is 0 Å². The molecule has 0 aliphatic rings. The average molecular weight is 468 g/mol. The van der Waals surface area contributed by atoms with E-state index >= 15 is 0 Å². The average Bonchev–Trinajstić information content (AvgIpc) is 3.23. The molecular weight excluding hydrogens is 424 g/mol. The largest absolute Gasteiger partial charge is 0.415 e. The number of hydrogen-bond donors (Lipinski definition) is 2. The molecule has 188 valence electrons. The molecule has 0 amide bonds. The molecule has 2 aromatic rings. The number of halogens is 2. The van der Waals surface area contributed by atoms with Crippen molar-refractivity contribution in [2.75, 3.05) is 5.32 Å². The van der Waals surface area contributed by atoms with Crippen LogP contribution in [0.15, 0.2) is 18.3 Å². The van der Waals surface area contributed by atoms with Gasteiger partial charge in [-0.25, -0.2) is 4.98 Å². The number of aryl methyl sites for hydroxylation is 1. The van der Waals surface area contributed by atoms with E-state index < -0.39 is 6.61 Å². The standard InChI is InChI=1S/C14H17F2N5O.C7H16.C4H10/c1-3-5-9-10(6-4-2)18-12(8-17-9)19-11-7-13(21-20-11)22-14(15)16;1-3-5-7-6-4-2;1-3-4-2/h3,5,7-8,14H,4,6H2,1-2H3,(H2,18,19,20,21);3-7H2,1-2H3;3-4H2,1-2H3/b5-3-;;. The number of nitrogens with zero attached hydrogens (tertiary/aromatic N) is 3. The second kappa shape index (κ2) is 20.1. The highest BCUT2D eigenvalue weighted by Crippen LogP contribution is 2.19. The van der Waals surface area contributed by atoms with Gasteiger partial charge in [0.05, 0.1) is 17.6 Å². The summed E-state index contributed by atoms with van der Waals surface area (Å²) < 4.78 is 28.4. The predicted molar refractivity (Wildman–Crippen MR) is 134 cm³/mol. The van der Waals surface area contributed by atoms with Crippen molar-refractivity contribution in [1.29, 1.82) is 0 Å². The van der Waals surface area contributed by atoms with Crippen LogP contribution in [-0.4, -0.2) is 26.8 Å². The Labute approximate surface area is 198 Å². The lowest BCUT2D eigenvalue weighted by molar-refractivity contribution is -0.0528. The molecule has 0 radical (unpaired) electrons. The lowest BCUT2D eigenvalue weighted by Crippen LogP contribution is -2.02. The molecule has 0 atom stereocenters. The summed E-state index contributed by atoms with van der Waals surface area (Å²) in [5.74, 6) is 0.708. The Morgan fingerprint density at radius 2 is 1.67 bits per heavy atom. The number of hydrogen-bond acceptors (Lipinski definition) is 5. The quantitative estimate of drug-likeness (QED) is 0.307. The second-order valence-electron chi connectivity index (χ2n) is 7.52. The smallest absolute Gasteiger partial charge is 0.388 e. The predicted octanol–water partition coefficient (Wildman–Crippen LogP) is 8.31. The molecule has 2 aromatic heterocycles. The van der Waals surface area contributed by atoms with Crippen LogP contribution >= 0.6 is 0 Å². The Balaban J connectivity index is 0.000000776. The number of aromatic amines is 1. The molecule has 0 saturated carbocycles. The van der Waals surface area contributed by atoms with Gasteiger partial charge in [-0.2, -0.15) is 8.78 Å². The molecule has 0 aliphatic heterocycles. The first kappa shape index (κ1) is 30.5. The zero-order chi connectivity index (χ0) is 24.9. The topological polar surface area (TPSA) is 75.7 Å². The molecule has 2 heterocycles. The van der Waals surface area contributed by atoms with E-state index in [1.165, 1.54) is 51.0 Å². The highest BCUT2D eigenvalue weighted by atomic mass is 19.3. The minimum absolute atomic E-state index is 0.190. The fourth-order valence-electron chi connectivity index (χ4n) is 2.55. The lowest BCUT2D eigenvalue weighted by atomic mass is 10.2. The van der Waals surface area contributed by atoms with Crippen LogP contribution in [0, 0.1) is 0 Å². The van der Waals surface area contributed by atoms with Gasteiger partial charge < -0.3 is 10.1 Å². The number of alkyl halides is 2. The molecule has 0 saturated heterocycles. The minimum Gasteiger partial charge on any atom is -0.415 e. The first-order chi connectivity index (χ1) is 15.9. The third kappa shape index (κ3) is 15.0. The minimum atomic E-state index is -2.91. The third-order valence-electron chi connectivity index (χ3n) is 4.42. The number of aromatic nitrogens is 4. The van der Waals surface area contributed by atoms with E-state index in [1.807, 2.05) is 19.1 Å². The van der Waals surface area contributed by atoms with E-state index in [1.54, 1.807) is 6.20 Å². The summed E-state index contributed by atoms with van der Waals surface area (Å²) in [7, 11) is 0. The van der Waals surface area contributed by atoms with Crippen molar-refractivity contribution >= 4 is 17.7 Å².